The summed E-state index contributed by atoms with van der Waals surface area (Å²) in [5.74, 6) is 0.696. The smallest absolute Gasteiger partial charge is 0.257 e. The van der Waals surface area contributed by atoms with E-state index in [-0.39, 0.29) is 22.3 Å². The van der Waals surface area contributed by atoms with Crippen molar-refractivity contribution < 1.29 is 14.3 Å². The van der Waals surface area contributed by atoms with Gasteiger partial charge in [-0.15, -0.1) is 0 Å². The first-order chi connectivity index (χ1) is 10.0. The number of nitrogens with zero attached hydrogens (tertiary/aromatic N) is 1. The summed E-state index contributed by atoms with van der Waals surface area (Å²) >= 11 is 5.77. The van der Waals surface area contributed by atoms with Crippen molar-refractivity contribution in [2.75, 3.05) is 25.3 Å². The van der Waals surface area contributed by atoms with Gasteiger partial charge in [0.1, 0.15) is 5.15 Å². The van der Waals surface area contributed by atoms with Gasteiger partial charge in [0, 0.05) is 11.8 Å². The fraction of sp³-hybridized carbons (Fsp3) is 0.143. The number of carbonyl (C=O) groups is 1. The average molecular weight is 308 g/mol. The molecule has 0 spiro atoms. The van der Waals surface area contributed by atoms with Gasteiger partial charge in [0.2, 0.25) is 0 Å². The molecule has 1 heterocycles. The van der Waals surface area contributed by atoms with Crippen LogP contribution in [0.4, 0.5) is 11.4 Å². The molecule has 2 rings (SSSR count). The minimum Gasteiger partial charge on any atom is -0.493 e. The Balaban J connectivity index is 2.25. The third-order valence-electron chi connectivity index (χ3n) is 2.79. The van der Waals surface area contributed by atoms with Gasteiger partial charge in [-0.1, -0.05) is 11.6 Å². The maximum Gasteiger partial charge on any atom is 0.257 e. The van der Waals surface area contributed by atoms with E-state index in [4.69, 9.17) is 26.8 Å². The van der Waals surface area contributed by atoms with Gasteiger partial charge in [-0.05, 0) is 18.2 Å². The number of rotatable bonds is 4. The molecule has 0 saturated carbocycles. The van der Waals surface area contributed by atoms with Gasteiger partial charge < -0.3 is 20.5 Å². The number of nitrogen functional groups attached to an aromatic ring is 1. The van der Waals surface area contributed by atoms with Gasteiger partial charge in [0.25, 0.3) is 5.91 Å². The molecule has 0 unspecified atom stereocenters. The molecule has 6 nitrogen and oxygen atoms in total. The fourth-order valence-corrected chi connectivity index (χ4v) is 1.91. The molecule has 0 fully saturated rings. The number of nitrogens with one attached hydrogen (secondary N) is 1. The summed E-state index contributed by atoms with van der Waals surface area (Å²) in [6.45, 7) is 0. The Morgan fingerprint density at radius 2 is 1.95 bits per heavy atom. The summed E-state index contributed by atoms with van der Waals surface area (Å²) in [5.41, 5.74) is 6.77. The molecule has 1 aromatic heterocycles. The summed E-state index contributed by atoms with van der Waals surface area (Å²) in [6, 6.07) is 6.44. The number of carbonyl (C=O) groups excluding carboxylic acids is 1. The Morgan fingerprint density at radius 1 is 1.24 bits per heavy atom. The van der Waals surface area contributed by atoms with E-state index in [1.165, 1.54) is 26.5 Å². The molecule has 1 aromatic carbocycles. The number of aromatic nitrogens is 1. The highest BCUT2D eigenvalue weighted by Crippen LogP contribution is 2.30. The summed E-state index contributed by atoms with van der Waals surface area (Å²) in [6.07, 6.45) is 1.34. The van der Waals surface area contributed by atoms with Crippen molar-refractivity contribution in [3.05, 3.63) is 41.2 Å². The van der Waals surface area contributed by atoms with Crippen LogP contribution >= 0.6 is 11.6 Å². The van der Waals surface area contributed by atoms with Crippen molar-refractivity contribution in [3.63, 3.8) is 0 Å². The molecular weight excluding hydrogens is 294 g/mol. The highest BCUT2D eigenvalue weighted by Gasteiger charge is 2.13. The lowest BCUT2D eigenvalue weighted by Gasteiger charge is -2.11. The minimum atomic E-state index is -0.385. The Kier molecular flexibility index (Phi) is 4.49. The molecule has 7 heteroatoms. The Bertz CT molecular complexity index is 677. The van der Waals surface area contributed by atoms with Crippen LogP contribution in [-0.4, -0.2) is 25.1 Å². The maximum atomic E-state index is 12.2. The van der Waals surface area contributed by atoms with E-state index in [9.17, 15) is 4.79 Å². The van der Waals surface area contributed by atoms with E-state index in [0.717, 1.165) is 0 Å². The number of hydrogen-bond acceptors (Lipinski definition) is 5. The topological polar surface area (TPSA) is 86.5 Å². The molecule has 1 amide bonds. The predicted octanol–water partition coefficient (Wildman–Crippen LogP) is 2.59. The SMILES string of the molecule is COc1ccc(NC(=O)c2cc(Cl)ncc2N)cc1OC. The van der Waals surface area contributed by atoms with Crippen molar-refractivity contribution in [3.8, 4) is 11.5 Å². The monoisotopic (exact) mass is 307 g/mol. The highest BCUT2D eigenvalue weighted by molar-refractivity contribution is 6.30. The molecule has 0 saturated heterocycles. The molecule has 21 heavy (non-hydrogen) atoms. The second-order valence-electron chi connectivity index (χ2n) is 4.12. The van der Waals surface area contributed by atoms with Gasteiger partial charge >= 0.3 is 0 Å². The van der Waals surface area contributed by atoms with Crippen LogP contribution in [0.2, 0.25) is 5.15 Å². The van der Waals surface area contributed by atoms with Crippen LogP contribution in [0.1, 0.15) is 10.4 Å². The summed E-state index contributed by atoms with van der Waals surface area (Å²) < 4.78 is 10.3. The summed E-state index contributed by atoms with van der Waals surface area (Å²) in [4.78, 5) is 16.0. The van der Waals surface area contributed by atoms with Crippen LogP contribution in [0.5, 0.6) is 11.5 Å². The van der Waals surface area contributed by atoms with E-state index in [2.05, 4.69) is 10.3 Å². The Hall–Kier alpha value is -2.47. The van der Waals surface area contributed by atoms with E-state index in [0.29, 0.717) is 17.2 Å². The lowest BCUT2D eigenvalue weighted by molar-refractivity contribution is 0.102. The predicted molar refractivity (Wildman–Crippen MR) is 81.2 cm³/mol. The first-order valence-corrected chi connectivity index (χ1v) is 6.37. The lowest BCUT2D eigenvalue weighted by atomic mass is 10.2. The van der Waals surface area contributed by atoms with E-state index in [1.54, 1.807) is 18.2 Å². The number of nitrogens with two attached hydrogens (primary N) is 1. The average Bonchev–Trinajstić information content (AvgIpc) is 2.49. The van der Waals surface area contributed by atoms with Crippen LogP contribution in [0.3, 0.4) is 0 Å². The molecule has 3 N–H and O–H groups in total. The Morgan fingerprint density at radius 3 is 2.62 bits per heavy atom. The van der Waals surface area contributed by atoms with Crippen molar-refractivity contribution in [2.45, 2.75) is 0 Å². The van der Waals surface area contributed by atoms with Crippen LogP contribution in [-0.2, 0) is 0 Å². The number of amides is 1. The minimum absolute atomic E-state index is 0.196. The fourth-order valence-electron chi connectivity index (χ4n) is 1.75. The normalized spacial score (nSPS) is 10.0. The number of anilines is 2. The van der Waals surface area contributed by atoms with Crippen molar-refractivity contribution in [1.29, 1.82) is 0 Å². The maximum absolute atomic E-state index is 12.2. The molecule has 0 aliphatic heterocycles. The van der Waals surface area contributed by atoms with Gasteiger partial charge in [-0.25, -0.2) is 4.98 Å². The third kappa shape index (κ3) is 3.35. The van der Waals surface area contributed by atoms with E-state index < -0.39 is 0 Å². The molecule has 110 valence electrons. The van der Waals surface area contributed by atoms with Crippen LogP contribution in [0.25, 0.3) is 0 Å². The molecular formula is C14H14ClN3O3. The number of methoxy groups -OCH3 is 2. The standard InChI is InChI=1S/C14H14ClN3O3/c1-20-11-4-3-8(5-12(11)21-2)18-14(19)9-6-13(15)17-7-10(9)16/h3-7H,16H2,1-2H3,(H,18,19). The number of pyridine rings is 1. The molecule has 0 radical (unpaired) electrons. The quantitative estimate of drug-likeness (QED) is 0.848. The van der Waals surface area contributed by atoms with Gasteiger partial charge in [-0.3, -0.25) is 4.79 Å². The van der Waals surface area contributed by atoms with E-state index in [1.807, 2.05) is 0 Å². The Labute approximate surface area is 126 Å². The van der Waals surface area contributed by atoms with Crippen molar-refractivity contribution >= 4 is 28.9 Å². The molecule has 0 bridgehead atoms. The number of hydrogen-bond donors (Lipinski definition) is 2. The number of benzene rings is 1. The van der Waals surface area contributed by atoms with Crippen molar-refractivity contribution in [2.24, 2.45) is 0 Å². The highest BCUT2D eigenvalue weighted by atomic mass is 35.5. The van der Waals surface area contributed by atoms with Crippen LogP contribution < -0.4 is 20.5 Å². The second kappa shape index (κ2) is 6.32. The molecule has 0 aliphatic carbocycles. The van der Waals surface area contributed by atoms with E-state index >= 15 is 0 Å². The zero-order valence-corrected chi connectivity index (χ0v) is 12.3. The van der Waals surface area contributed by atoms with Gasteiger partial charge in [0.05, 0.1) is 31.7 Å². The largest absolute Gasteiger partial charge is 0.493 e. The second-order valence-corrected chi connectivity index (χ2v) is 4.51. The number of halogens is 1. The lowest BCUT2D eigenvalue weighted by Crippen LogP contribution is -2.14. The van der Waals surface area contributed by atoms with Crippen LogP contribution in [0.15, 0.2) is 30.5 Å². The summed E-state index contributed by atoms with van der Waals surface area (Å²) in [5, 5.41) is 2.91. The third-order valence-corrected chi connectivity index (χ3v) is 2.99. The van der Waals surface area contributed by atoms with Gasteiger partial charge in [-0.2, -0.15) is 0 Å². The zero-order chi connectivity index (χ0) is 15.4. The summed E-state index contributed by atoms with van der Waals surface area (Å²) in [7, 11) is 3.06. The van der Waals surface area contributed by atoms with Crippen molar-refractivity contribution in [1.82, 2.24) is 4.98 Å². The zero-order valence-electron chi connectivity index (χ0n) is 11.5. The first-order valence-electron chi connectivity index (χ1n) is 5.99. The van der Waals surface area contributed by atoms with Gasteiger partial charge in [0.15, 0.2) is 11.5 Å². The first kappa shape index (κ1) is 14.9. The molecule has 0 atom stereocenters. The molecule has 2 aromatic rings. The molecule has 0 aliphatic rings. The number of ether oxygens (including phenoxy) is 2. The van der Waals surface area contributed by atoms with Crippen LogP contribution in [0, 0.1) is 0 Å².